The molecule has 2 heterocycles. The fraction of sp³-hybridized carbons (Fsp3) is 0.444. The van der Waals surface area contributed by atoms with Crippen LogP contribution in [-0.2, 0) is 0 Å². The van der Waals surface area contributed by atoms with E-state index in [1.54, 1.807) is 0 Å². The number of carbonyl (C=O) groups is 1. The second-order valence-electron chi connectivity index (χ2n) is 3.46. The van der Waals surface area contributed by atoms with Gasteiger partial charge in [0.1, 0.15) is 12.1 Å². The van der Waals surface area contributed by atoms with Gasteiger partial charge in [0, 0.05) is 19.2 Å². The molecule has 1 aliphatic heterocycles. The lowest BCUT2D eigenvalue weighted by molar-refractivity contribution is 0.0690. The van der Waals surface area contributed by atoms with Crippen molar-refractivity contribution in [2.75, 3.05) is 18.0 Å². The highest BCUT2D eigenvalue weighted by Crippen LogP contribution is 2.17. The number of hydrogen-bond acceptors (Lipinski definition) is 5. The van der Waals surface area contributed by atoms with Crippen LogP contribution in [0.1, 0.15) is 16.9 Å². The number of rotatable bonds is 2. The summed E-state index contributed by atoms with van der Waals surface area (Å²) in [6, 6.07) is 1.42. The third kappa shape index (κ3) is 2.04. The van der Waals surface area contributed by atoms with Gasteiger partial charge in [0.25, 0.3) is 0 Å². The third-order valence-corrected chi connectivity index (χ3v) is 2.36. The van der Waals surface area contributed by atoms with Gasteiger partial charge in [-0.05, 0) is 6.42 Å². The van der Waals surface area contributed by atoms with Crippen molar-refractivity contribution in [1.82, 2.24) is 9.97 Å². The molecule has 1 saturated heterocycles. The van der Waals surface area contributed by atoms with Crippen molar-refractivity contribution < 1.29 is 15.0 Å². The Labute approximate surface area is 86.2 Å². The Morgan fingerprint density at radius 1 is 1.53 bits per heavy atom. The lowest BCUT2D eigenvalue weighted by Crippen LogP contribution is -2.22. The molecule has 1 atom stereocenters. The van der Waals surface area contributed by atoms with Crippen molar-refractivity contribution in [3.8, 4) is 0 Å². The highest BCUT2D eigenvalue weighted by molar-refractivity contribution is 5.86. The van der Waals surface area contributed by atoms with Crippen molar-refractivity contribution in [3.63, 3.8) is 0 Å². The number of β-amino-alcohol motifs (C(OH)–C–C–N with tert-alkyl or cyclic N) is 1. The molecule has 15 heavy (non-hydrogen) atoms. The number of anilines is 1. The largest absolute Gasteiger partial charge is 0.477 e. The van der Waals surface area contributed by atoms with Crippen LogP contribution in [0, 0.1) is 0 Å². The van der Waals surface area contributed by atoms with Crippen molar-refractivity contribution in [3.05, 3.63) is 18.1 Å². The van der Waals surface area contributed by atoms with Gasteiger partial charge in [0.2, 0.25) is 0 Å². The van der Waals surface area contributed by atoms with E-state index >= 15 is 0 Å². The first-order valence-electron chi connectivity index (χ1n) is 4.65. The summed E-state index contributed by atoms with van der Waals surface area (Å²) in [5, 5.41) is 18.1. The quantitative estimate of drug-likeness (QED) is 0.698. The van der Waals surface area contributed by atoms with Gasteiger partial charge < -0.3 is 15.1 Å². The molecule has 1 aromatic heterocycles. The minimum Gasteiger partial charge on any atom is -0.477 e. The smallest absolute Gasteiger partial charge is 0.354 e. The van der Waals surface area contributed by atoms with Crippen molar-refractivity contribution in [1.29, 1.82) is 0 Å². The van der Waals surface area contributed by atoms with Gasteiger partial charge in [0.05, 0.1) is 6.10 Å². The van der Waals surface area contributed by atoms with Crippen LogP contribution < -0.4 is 4.90 Å². The highest BCUT2D eigenvalue weighted by Gasteiger charge is 2.22. The van der Waals surface area contributed by atoms with E-state index in [9.17, 15) is 9.90 Å². The molecular formula is C9H11N3O3. The van der Waals surface area contributed by atoms with Gasteiger partial charge >= 0.3 is 5.97 Å². The maximum absolute atomic E-state index is 10.7. The fourth-order valence-corrected chi connectivity index (χ4v) is 1.59. The second kappa shape index (κ2) is 3.82. The van der Waals surface area contributed by atoms with Crippen LogP contribution in [0.5, 0.6) is 0 Å². The fourth-order valence-electron chi connectivity index (χ4n) is 1.59. The van der Waals surface area contributed by atoms with E-state index < -0.39 is 5.97 Å². The van der Waals surface area contributed by atoms with E-state index in [2.05, 4.69) is 9.97 Å². The molecule has 0 spiro atoms. The topological polar surface area (TPSA) is 86.5 Å². The van der Waals surface area contributed by atoms with Gasteiger partial charge in [0.15, 0.2) is 5.69 Å². The van der Waals surface area contributed by atoms with Gasteiger partial charge in [-0.15, -0.1) is 0 Å². The molecule has 0 radical (unpaired) electrons. The van der Waals surface area contributed by atoms with Crippen molar-refractivity contribution in [2.24, 2.45) is 0 Å². The Hall–Kier alpha value is -1.69. The van der Waals surface area contributed by atoms with Crippen molar-refractivity contribution >= 4 is 11.8 Å². The lowest BCUT2D eigenvalue weighted by atomic mass is 10.3. The molecule has 0 saturated carbocycles. The van der Waals surface area contributed by atoms with Crippen LogP contribution in [0.2, 0.25) is 0 Å². The number of nitrogens with zero attached hydrogens (tertiary/aromatic N) is 3. The summed E-state index contributed by atoms with van der Waals surface area (Å²) in [5.74, 6) is -0.516. The van der Waals surface area contributed by atoms with E-state index in [0.29, 0.717) is 25.3 Å². The number of aliphatic hydroxyl groups is 1. The van der Waals surface area contributed by atoms with Gasteiger partial charge in [-0.1, -0.05) is 0 Å². The molecular weight excluding hydrogens is 198 g/mol. The Kier molecular flexibility index (Phi) is 2.51. The van der Waals surface area contributed by atoms with E-state index in [1.165, 1.54) is 12.4 Å². The Balaban J connectivity index is 2.21. The molecule has 80 valence electrons. The Bertz CT molecular complexity index is 383. The predicted octanol–water partition coefficient (Wildman–Crippen LogP) is -0.254. The average Bonchev–Trinajstić information content (AvgIpc) is 2.65. The monoisotopic (exact) mass is 209 g/mol. The number of hydrogen-bond donors (Lipinski definition) is 2. The molecule has 1 aliphatic rings. The summed E-state index contributed by atoms with van der Waals surface area (Å²) in [5.41, 5.74) is -0.0265. The molecule has 0 bridgehead atoms. The van der Waals surface area contributed by atoms with Crippen LogP contribution in [0.4, 0.5) is 5.82 Å². The first kappa shape index (κ1) is 9.85. The Morgan fingerprint density at radius 2 is 2.33 bits per heavy atom. The van der Waals surface area contributed by atoms with Crippen LogP contribution in [0.3, 0.4) is 0 Å². The number of aliphatic hydroxyl groups excluding tert-OH is 1. The normalized spacial score (nSPS) is 20.6. The first-order chi connectivity index (χ1) is 7.16. The van der Waals surface area contributed by atoms with E-state index in [-0.39, 0.29) is 11.8 Å². The standard InChI is InChI=1S/C9H11N3O3/c13-6-1-2-12(4-6)8-3-7(9(14)15)10-5-11-8/h3,5-6,13H,1-2,4H2,(H,14,15)/t6-/m0/s1. The molecule has 1 fully saturated rings. The van der Waals surface area contributed by atoms with Gasteiger partial charge in [-0.3, -0.25) is 0 Å². The molecule has 2 N–H and O–H groups in total. The highest BCUT2D eigenvalue weighted by atomic mass is 16.4. The molecule has 0 unspecified atom stereocenters. The summed E-state index contributed by atoms with van der Waals surface area (Å²) in [4.78, 5) is 20.1. The van der Waals surface area contributed by atoms with Crippen LogP contribution in [0.25, 0.3) is 0 Å². The van der Waals surface area contributed by atoms with E-state index in [0.717, 1.165) is 0 Å². The number of carboxylic acid groups (broad SMARTS) is 1. The second-order valence-corrected chi connectivity index (χ2v) is 3.46. The molecule has 6 nitrogen and oxygen atoms in total. The molecule has 0 amide bonds. The Morgan fingerprint density at radius 3 is 2.93 bits per heavy atom. The zero-order valence-corrected chi connectivity index (χ0v) is 8.00. The zero-order chi connectivity index (χ0) is 10.8. The van der Waals surface area contributed by atoms with Gasteiger partial charge in [-0.25, -0.2) is 14.8 Å². The van der Waals surface area contributed by atoms with E-state index in [1.807, 2.05) is 4.90 Å². The number of aromatic carboxylic acids is 1. The summed E-state index contributed by atoms with van der Waals surface area (Å²) < 4.78 is 0. The number of carboxylic acids is 1. The molecule has 2 rings (SSSR count). The minimum absolute atomic E-state index is 0.0265. The molecule has 1 aromatic rings. The average molecular weight is 209 g/mol. The van der Waals surface area contributed by atoms with Crippen LogP contribution in [-0.4, -0.2) is 45.3 Å². The number of aromatic nitrogens is 2. The summed E-state index contributed by atoms with van der Waals surface area (Å²) in [7, 11) is 0. The summed E-state index contributed by atoms with van der Waals surface area (Å²) in [6.07, 6.45) is 1.56. The van der Waals surface area contributed by atoms with E-state index in [4.69, 9.17) is 5.11 Å². The maximum Gasteiger partial charge on any atom is 0.354 e. The molecule has 6 heteroatoms. The van der Waals surface area contributed by atoms with Crippen molar-refractivity contribution in [2.45, 2.75) is 12.5 Å². The SMILES string of the molecule is O=C(O)c1cc(N2CC[C@H](O)C2)ncn1. The lowest BCUT2D eigenvalue weighted by Gasteiger charge is -2.15. The zero-order valence-electron chi connectivity index (χ0n) is 8.00. The minimum atomic E-state index is -1.07. The van der Waals surface area contributed by atoms with Gasteiger partial charge in [-0.2, -0.15) is 0 Å². The summed E-state index contributed by atoms with van der Waals surface area (Å²) >= 11 is 0. The first-order valence-corrected chi connectivity index (χ1v) is 4.65. The molecule has 0 aliphatic carbocycles. The third-order valence-electron chi connectivity index (χ3n) is 2.36. The summed E-state index contributed by atoms with van der Waals surface area (Å²) in [6.45, 7) is 1.19. The van der Waals surface area contributed by atoms with Crippen LogP contribution in [0.15, 0.2) is 12.4 Å². The predicted molar refractivity (Wildman–Crippen MR) is 51.8 cm³/mol. The molecule has 0 aromatic carbocycles. The van der Waals surface area contributed by atoms with Crippen LogP contribution >= 0.6 is 0 Å². The maximum atomic E-state index is 10.7.